The molecule has 0 amide bonds. The minimum Gasteiger partial charge on any atom is -0.492 e. The highest BCUT2D eigenvalue weighted by molar-refractivity contribution is 6.34. The van der Waals surface area contributed by atoms with Gasteiger partial charge in [-0.3, -0.25) is 0 Å². The number of benzene rings is 1. The van der Waals surface area contributed by atoms with Crippen LogP contribution in [0.5, 0.6) is 5.75 Å². The van der Waals surface area contributed by atoms with Crippen LogP contribution >= 0.6 is 23.2 Å². The average molecular weight is 247 g/mol. The Bertz CT molecular complexity index is 350. The first-order valence-electron chi connectivity index (χ1n) is 4.67. The molecule has 1 aromatic rings. The summed E-state index contributed by atoms with van der Waals surface area (Å²) in [5.41, 5.74) is 0. The summed E-state index contributed by atoms with van der Waals surface area (Å²) < 4.78 is 5.40. The van der Waals surface area contributed by atoms with E-state index in [0.717, 1.165) is 0 Å². The molecule has 0 N–H and O–H groups in total. The van der Waals surface area contributed by atoms with E-state index in [1.165, 1.54) is 0 Å². The summed E-state index contributed by atoms with van der Waals surface area (Å²) in [6, 6.07) is 5.05. The number of hydrogen-bond donors (Lipinski definition) is 0. The van der Waals surface area contributed by atoms with E-state index in [4.69, 9.17) is 27.9 Å². The Labute approximate surface area is 99.1 Å². The smallest absolute Gasteiger partial charge is 0.139 e. The summed E-state index contributed by atoms with van der Waals surface area (Å²) in [5, 5.41) is 1.11. The molecule has 0 saturated heterocycles. The standard InChI is InChI=1S/C11H12Cl2O2/c1-8(14)3-2-6-15-11-7-9(12)4-5-10(11)13/h4-5,7H,2-3,6H2,1H3. The number of hydrogen-bond acceptors (Lipinski definition) is 2. The van der Waals surface area contributed by atoms with Gasteiger partial charge in [-0.2, -0.15) is 0 Å². The Morgan fingerprint density at radius 1 is 1.40 bits per heavy atom. The van der Waals surface area contributed by atoms with Crippen molar-refractivity contribution < 1.29 is 9.53 Å². The van der Waals surface area contributed by atoms with Crippen molar-refractivity contribution in [2.45, 2.75) is 19.8 Å². The molecule has 1 aromatic carbocycles. The van der Waals surface area contributed by atoms with Crippen LogP contribution in [0.2, 0.25) is 10.0 Å². The van der Waals surface area contributed by atoms with Crippen molar-refractivity contribution >= 4 is 29.0 Å². The van der Waals surface area contributed by atoms with Crippen LogP contribution in [0.1, 0.15) is 19.8 Å². The Morgan fingerprint density at radius 3 is 2.80 bits per heavy atom. The van der Waals surface area contributed by atoms with E-state index in [-0.39, 0.29) is 5.78 Å². The van der Waals surface area contributed by atoms with E-state index in [1.807, 2.05) is 0 Å². The molecule has 0 fully saturated rings. The van der Waals surface area contributed by atoms with Gasteiger partial charge in [0.2, 0.25) is 0 Å². The Morgan fingerprint density at radius 2 is 2.13 bits per heavy atom. The summed E-state index contributed by atoms with van der Waals surface area (Å²) in [7, 11) is 0. The lowest BCUT2D eigenvalue weighted by molar-refractivity contribution is -0.117. The second-order valence-corrected chi connectivity index (χ2v) is 4.07. The van der Waals surface area contributed by atoms with Crippen LogP contribution in [0.4, 0.5) is 0 Å². The van der Waals surface area contributed by atoms with Crippen LogP contribution in [0.3, 0.4) is 0 Å². The van der Waals surface area contributed by atoms with Crippen molar-refractivity contribution in [2.75, 3.05) is 6.61 Å². The summed E-state index contributed by atoms with van der Waals surface area (Å²) in [4.78, 5) is 10.7. The van der Waals surface area contributed by atoms with Crippen LogP contribution in [-0.2, 0) is 4.79 Å². The van der Waals surface area contributed by atoms with Crippen molar-refractivity contribution in [3.05, 3.63) is 28.2 Å². The SMILES string of the molecule is CC(=O)CCCOc1cc(Cl)ccc1Cl. The van der Waals surface area contributed by atoms with E-state index >= 15 is 0 Å². The maximum atomic E-state index is 10.7. The molecule has 4 heteroatoms. The van der Waals surface area contributed by atoms with E-state index in [2.05, 4.69) is 0 Å². The third-order valence-corrected chi connectivity index (χ3v) is 2.37. The first-order valence-corrected chi connectivity index (χ1v) is 5.42. The summed E-state index contributed by atoms with van der Waals surface area (Å²) in [5.74, 6) is 0.725. The van der Waals surface area contributed by atoms with Crippen LogP contribution in [0.15, 0.2) is 18.2 Å². The van der Waals surface area contributed by atoms with Gasteiger partial charge in [0.05, 0.1) is 11.6 Å². The fourth-order valence-corrected chi connectivity index (χ4v) is 1.43. The highest BCUT2D eigenvalue weighted by Gasteiger charge is 2.02. The average Bonchev–Trinajstić information content (AvgIpc) is 2.17. The molecular formula is C11H12Cl2O2. The second-order valence-electron chi connectivity index (χ2n) is 3.23. The minimum atomic E-state index is 0.163. The lowest BCUT2D eigenvalue weighted by atomic mass is 10.2. The van der Waals surface area contributed by atoms with Crippen LogP contribution in [0, 0.1) is 0 Å². The number of Topliss-reactive ketones (excluding diaryl/α,β-unsaturated/α-hetero) is 1. The van der Waals surface area contributed by atoms with Gasteiger partial charge in [-0.25, -0.2) is 0 Å². The zero-order valence-corrected chi connectivity index (χ0v) is 9.94. The second kappa shape index (κ2) is 5.99. The predicted molar refractivity (Wildman–Crippen MR) is 61.9 cm³/mol. The fraction of sp³-hybridized carbons (Fsp3) is 0.364. The first kappa shape index (κ1) is 12.3. The minimum absolute atomic E-state index is 0.163. The molecule has 0 aliphatic rings. The van der Waals surface area contributed by atoms with E-state index in [1.54, 1.807) is 25.1 Å². The molecule has 2 nitrogen and oxygen atoms in total. The van der Waals surface area contributed by atoms with Gasteiger partial charge in [0.15, 0.2) is 0 Å². The first-order chi connectivity index (χ1) is 7.09. The lowest BCUT2D eigenvalue weighted by Crippen LogP contribution is -2.00. The topological polar surface area (TPSA) is 26.3 Å². The number of carbonyl (C=O) groups is 1. The molecule has 0 spiro atoms. The Kier molecular flexibility index (Phi) is 4.92. The van der Waals surface area contributed by atoms with Gasteiger partial charge >= 0.3 is 0 Å². The molecule has 0 aliphatic carbocycles. The van der Waals surface area contributed by atoms with Crippen molar-refractivity contribution in [1.29, 1.82) is 0 Å². The summed E-state index contributed by atoms with van der Waals surface area (Å²) in [6.45, 7) is 2.03. The van der Waals surface area contributed by atoms with Crippen LogP contribution in [-0.4, -0.2) is 12.4 Å². The van der Waals surface area contributed by atoms with Gasteiger partial charge < -0.3 is 9.53 Å². The maximum absolute atomic E-state index is 10.7. The molecule has 0 atom stereocenters. The largest absolute Gasteiger partial charge is 0.492 e. The molecular weight excluding hydrogens is 235 g/mol. The van der Waals surface area contributed by atoms with Gasteiger partial charge in [0, 0.05) is 17.5 Å². The number of rotatable bonds is 5. The zero-order chi connectivity index (χ0) is 11.3. The van der Waals surface area contributed by atoms with Crippen molar-refractivity contribution in [3.63, 3.8) is 0 Å². The number of halogens is 2. The quantitative estimate of drug-likeness (QED) is 0.741. The van der Waals surface area contributed by atoms with E-state index < -0.39 is 0 Å². The summed E-state index contributed by atoms with van der Waals surface area (Å²) in [6.07, 6.45) is 1.22. The van der Waals surface area contributed by atoms with Gasteiger partial charge in [-0.1, -0.05) is 23.2 Å². The molecule has 1 rings (SSSR count). The Balaban J connectivity index is 2.43. The molecule has 0 aliphatic heterocycles. The number of carbonyl (C=O) groups excluding carboxylic acids is 1. The van der Waals surface area contributed by atoms with Crippen molar-refractivity contribution in [3.8, 4) is 5.75 Å². The number of ketones is 1. The predicted octanol–water partition coefficient (Wildman–Crippen LogP) is 3.74. The highest BCUT2D eigenvalue weighted by atomic mass is 35.5. The van der Waals surface area contributed by atoms with Gasteiger partial charge in [-0.05, 0) is 25.5 Å². The monoisotopic (exact) mass is 246 g/mol. The van der Waals surface area contributed by atoms with Gasteiger partial charge in [0.25, 0.3) is 0 Å². The number of ether oxygens (including phenoxy) is 1. The molecule has 82 valence electrons. The van der Waals surface area contributed by atoms with Gasteiger partial charge in [0.1, 0.15) is 11.5 Å². The third kappa shape index (κ3) is 4.54. The Hall–Kier alpha value is -0.730. The molecule has 0 aromatic heterocycles. The van der Waals surface area contributed by atoms with Crippen LogP contribution < -0.4 is 4.74 Å². The normalized spacial score (nSPS) is 10.1. The van der Waals surface area contributed by atoms with Crippen molar-refractivity contribution in [1.82, 2.24) is 0 Å². The third-order valence-electron chi connectivity index (χ3n) is 1.82. The van der Waals surface area contributed by atoms with Crippen molar-refractivity contribution in [2.24, 2.45) is 0 Å². The van der Waals surface area contributed by atoms with E-state index in [9.17, 15) is 4.79 Å². The highest BCUT2D eigenvalue weighted by Crippen LogP contribution is 2.27. The van der Waals surface area contributed by atoms with E-state index in [0.29, 0.717) is 35.2 Å². The molecule has 0 heterocycles. The summed E-state index contributed by atoms with van der Waals surface area (Å²) >= 11 is 11.7. The lowest BCUT2D eigenvalue weighted by Gasteiger charge is -2.07. The molecule has 0 bridgehead atoms. The molecule has 0 unspecified atom stereocenters. The molecule has 15 heavy (non-hydrogen) atoms. The van der Waals surface area contributed by atoms with Gasteiger partial charge in [-0.15, -0.1) is 0 Å². The van der Waals surface area contributed by atoms with Crippen LogP contribution in [0.25, 0.3) is 0 Å². The maximum Gasteiger partial charge on any atom is 0.139 e. The molecule has 0 radical (unpaired) electrons. The fourth-order valence-electron chi connectivity index (χ4n) is 1.09. The molecule has 0 saturated carbocycles. The zero-order valence-electron chi connectivity index (χ0n) is 8.43.